The molecule has 1 saturated heterocycles. The van der Waals surface area contributed by atoms with Crippen LogP contribution in [0.15, 0.2) is 29.7 Å². The quantitative estimate of drug-likeness (QED) is 0.776. The van der Waals surface area contributed by atoms with Crippen LogP contribution in [0.5, 0.6) is 0 Å². The molecule has 1 aromatic heterocycles. The summed E-state index contributed by atoms with van der Waals surface area (Å²) in [6, 6.07) is 6.07. The van der Waals surface area contributed by atoms with Crippen molar-refractivity contribution in [1.82, 2.24) is 20.1 Å². The number of nitrogens with zero attached hydrogens (tertiary/aromatic N) is 3. The van der Waals surface area contributed by atoms with Gasteiger partial charge in [-0.25, -0.2) is 8.42 Å². The van der Waals surface area contributed by atoms with Crippen LogP contribution in [-0.2, 0) is 14.6 Å². The predicted octanol–water partition coefficient (Wildman–Crippen LogP) is 1.67. The minimum Gasteiger partial charge on any atom is -0.349 e. The summed E-state index contributed by atoms with van der Waals surface area (Å²) in [5.74, 6) is 0.0659. The van der Waals surface area contributed by atoms with Crippen LogP contribution in [0.1, 0.15) is 24.5 Å². The van der Waals surface area contributed by atoms with Crippen molar-refractivity contribution in [3.8, 4) is 5.69 Å². The molecule has 3 rings (SSSR count). The summed E-state index contributed by atoms with van der Waals surface area (Å²) in [4.78, 5) is 12.3. The Morgan fingerprint density at radius 1 is 1.35 bits per heavy atom. The number of rotatable bonds is 5. The van der Waals surface area contributed by atoms with E-state index in [4.69, 9.17) is 0 Å². The molecule has 0 spiro atoms. The molecule has 0 unspecified atom stereocenters. The first-order valence-corrected chi connectivity index (χ1v) is 11.1. The van der Waals surface area contributed by atoms with Crippen LogP contribution in [0.3, 0.4) is 0 Å². The zero-order valence-electron chi connectivity index (χ0n) is 15.0. The van der Waals surface area contributed by atoms with Crippen LogP contribution in [0.2, 0.25) is 0 Å². The van der Waals surface area contributed by atoms with Crippen LogP contribution < -0.4 is 5.32 Å². The summed E-state index contributed by atoms with van der Waals surface area (Å²) < 4.78 is 25.1. The lowest BCUT2D eigenvalue weighted by Crippen LogP contribution is -2.47. The number of aryl methyl sites for hydroxylation is 2. The van der Waals surface area contributed by atoms with Crippen LogP contribution in [0, 0.1) is 13.8 Å². The first-order valence-electron chi connectivity index (χ1n) is 8.29. The second-order valence-electron chi connectivity index (χ2n) is 6.99. The lowest BCUT2D eigenvalue weighted by molar-refractivity contribution is -0.120. The van der Waals surface area contributed by atoms with E-state index >= 15 is 0 Å². The fourth-order valence-corrected chi connectivity index (χ4v) is 5.81. The molecule has 7 nitrogen and oxygen atoms in total. The molecule has 2 heterocycles. The van der Waals surface area contributed by atoms with E-state index < -0.39 is 15.4 Å². The number of aromatic nitrogens is 3. The number of hydrogen-bond acceptors (Lipinski definition) is 6. The molecule has 1 aromatic carbocycles. The molecule has 1 aliphatic rings. The molecule has 140 valence electrons. The van der Waals surface area contributed by atoms with Crippen molar-refractivity contribution in [3.63, 3.8) is 0 Å². The molecule has 0 bridgehead atoms. The van der Waals surface area contributed by atoms with Crippen LogP contribution in [0.4, 0.5) is 0 Å². The standard InChI is InChI=1S/C17H22N4O3S2/c1-12-4-5-14(8-13(12)2)21-11-18-20-16(21)25-9-15(22)19-17(3)6-7-26(23,24)10-17/h4-5,8,11H,6-7,9-10H2,1-3H3,(H,19,22)/t17-/m0/s1. The predicted molar refractivity (Wildman–Crippen MR) is 101 cm³/mol. The second kappa shape index (κ2) is 7.03. The van der Waals surface area contributed by atoms with E-state index in [1.807, 2.05) is 29.7 Å². The van der Waals surface area contributed by atoms with Crippen molar-refractivity contribution in [3.05, 3.63) is 35.7 Å². The third-order valence-corrected chi connectivity index (χ3v) is 7.41. The monoisotopic (exact) mass is 394 g/mol. The highest BCUT2D eigenvalue weighted by atomic mass is 32.2. The molecule has 2 aromatic rings. The van der Waals surface area contributed by atoms with Gasteiger partial charge in [0.1, 0.15) is 6.33 Å². The number of thioether (sulfide) groups is 1. The highest BCUT2D eigenvalue weighted by Crippen LogP contribution is 2.24. The maximum atomic E-state index is 12.3. The summed E-state index contributed by atoms with van der Waals surface area (Å²) in [7, 11) is -3.06. The molecule has 1 N–H and O–H groups in total. The number of nitrogens with one attached hydrogen (secondary N) is 1. The summed E-state index contributed by atoms with van der Waals surface area (Å²) in [5.41, 5.74) is 2.63. The number of amides is 1. The highest BCUT2D eigenvalue weighted by molar-refractivity contribution is 7.99. The number of carbonyl (C=O) groups is 1. The molecule has 9 heteroatoms. The Bertz CT molecular complexity index is 939. The molecular weight excluding hydrogens is 372 g/mol. The van der Waals surface area contributed by atoms with E-state index in [0.717, 1.165) is 5.69 Å². The average molecular weight is 395 g/mol. The van der Waals surface area contributed by atoms with Crippen molar-refractivity contribution in [2.75, 3.05) is 17.3 Å². The Morgan fingerprint density at radius 2 is 2.12 bits per heavy atom. The van der Waals surface area contributed by atoms with Gasteiger partial charge in [0.05, 0.1) is 22.8 Å². The largest absolute Gasteiger partial charge is 0.349 e. The maximum Gasteiger partial charge on any atom is 0.230 e. The van der Waals surface area contributed by atoms with Crippen LogP contribution >= 0.6 is 11.8 Å². The van der Waals surface area contributed by atoms with E-state index in [9.17, 15) is 13.2 Å². The first kappa shape index (κ1) is 18.9. The molecule has 0 aliphatic carbocycles. The van der Waals surface area contributed by atoms with Gasteiger partial charge in [-0.3, -0.25) is 9.36 Å². The number of sulfone groups is 1. The average Bonchev–Trinajstić information content (AvgIpc) is 3.12. The third kappa shape index (κ3) is 4.27. The molecule has 1 atom stereocenters. The fraction of sp³-hybridized carbons (Fsp3) is 0.471. The summed E-state index contributed by atoms with van der Waals surface area (Å²) in [6.07, 6.45) is 2.07. The second-order valence-corrected chi connectivity index (χ2v) is 10.1. The smallest absolute Gasteiger partial charge is 0.230 e. The minimum atomic E-state index is -3.06. The zero-order chi connectivity index (χ0) is 18.9. The Labute approximate surface area is 157 Å². The van der Waals surface area contributed by atoms with Gasteiger partial charge >= 0.3 is 0 Å². The van der Waals surface area contributed by atoms with Crippen molar-refractivity contribution >= 4 is 27.5 Å². The normalized spacial score (nSPS) is 21.7. The van der Waals surface area contributed by atoms with E-state index in [1.54, 1.807) is 13.3 Å². The van der Waals surface area contributed by atoms with Gasteiger partial charge in [-0.05, 0) is 50.5 Å². The summed E-state index contributed by atoms with van der Waals surface area (Å²) in [6.45, 7) is 5.87. The summed E-state index contributed by atoms with van der Waals surface area (Å²) >= 11 is 1.28. The lowest BCUT2D eigenvalue weighted by Gasteiger charge is -2.23. The minimum absolute atomic E-state index is 0.00473. The van der Waals surface area contributed by atoms with Crippen molar-refractivity contribution in [1.29, 1.82) is 0 Å². The van der Waals surface area contributed by atoms with Gasteiger partial charge < -0.3 is 5.32 Å². The molecule has 0 radical (unpaired) electrons. The molecule has 1 amide bonds. The van der Waals surface area contributed by atoms with E-state index in [-0.39, 0.29) is 23.2 Å². The molecule has 1 fully saturated rings. The Balaban J connectivity index is 1.65. The van der Waals surface area contributed by atoms with Gasteiger partial charge in [0, 0.05) is 5.69 Å². The zero-order valence-corrected chi connectivity index (χ0v) is 16.7. The lowest BCUT2D eigenvalue weighted by atomic mass is 10.0. The summed E-state index contributed by atoms with van der Waals surface area (Å²) in [5, 5.41) is 11.5. The van der Waals surface area contributed by atoms with E-state index in [2.05, 4.69) is 22.4 Å². The van der Waals surface area contributed by atoms with Crippen molar-refractivity contribution in [2.45, 2.75) is 37.9 Å². The molecule has 26 heavy (non-hydrogen) atoms. The number of hydrogen-bond donors (Lipinski definition) is 1. The fourth-order valence-electron chi connectivity index (χ4n) is 2.99. The Hall–Kier alpha value is -1.87. The number of benzene rings is 1. The van der Waals surface area contributed by atoms with E-state index in [1.165, 1.54) is 22.9 Å². The van der Waals surface area contributed by atoms with Crippen molar-refractivity contribution < 1.29 is 13.2 Å². The SMILES string of the molecule is Cc1ccc(-n2cnnc2SCC(=O)N[C@@]2(C)CCS(=O)(=O)C2)cc1C. The third-order valence-electron chi connectivity index (χ3n) is 4.56. The molecule has 0 saturated carbocycles. The van der Waals surface area contributed by atoms with Gasteiger partial charge in [-0.15, -0.1) is 10.2 Å². The molecule has 1 aliphatic heterocycles. The van der Waals surface area contributed by atoms with E-state index in [0.29, 0.717) is 11.6 Å². The Morgan fingerprint density at radius 3 is 2.77 bits per heavy atom. The van der Waals surface area contributed by atoms with Crippen LogP contribution in [-0.4, -0.2) is 51.9 Å². The van der Waals surface area contributed by atoms with Crippen LogP contribution in [0.25, 0.3) is 5.69 Å². The van der Waals surface area contributed by atoms with Gasteiger partial charge in [0.25, 0.3) is 0 Å². The van der Waals surface area contributed by atoms with Gasteiger partial charge in [0.2, 0.25) is 5.91 Å². The Kier molecular flexibility index (Phi) is 5.12. The molecular formula is C17H22N4O3S2. The maximum absolute atomic E-state index is 12.3. The van der Waals surface area contributed by atoms with Gasteiger partial charge in [-0.2, -0.15) is 0 Å². The highest BCUT2D eigenvalue weighted by Gasteiger charge is 2.39. The van der Waals surface area contributed by atoms with Gasteiger partial charge in [0.15, 0.2) is 15.0 Å². The number of carbonyl (C=O) groups excluding carboxylic acids is 1. The van der Waals surface area contributed by atoms with Crippen molar-refractivity contribution in [2.24, 2.45) is 0 Å². The van der Waals surface area contributed by atoms with Gasteiger partial charge in [-0.1, -0.05) is 17.8 Å². The topological polar surface area (TPSA) is 93.9 Å². The first-order chi connectivity index (χ1) is 12.2.